The van der Waals surface area contributed by atoms with E-state index in [1.54, 1.807) is 0 Å². The average Bonchev–Trinajstić information content (AvgIpc) is 3.27. The summed E-state index contributed by atoms with van der Waals surface area (Å²) in [5, 5.41) is 3.00. The minimum Gasteiger partial charge on any atom is -0.408 e. The monoisotopic (exact) mass is 353 g/mol. The van der Waals surface area contributed by atoms with Gasteiger partial charge in [-0.3, -0.25) is 4.79 Å². The van der Waals surface area contributed by atoms with E-state index in [1.807, 2.05) is 13.8 Å². The Kier molecular flexibility index (Phi) is 9.31. The van der Waals surface area contributed by atoms with Crippen LogP contribution in [0.1, 0.15) is 59.3 Å². The third kappa shape index (κ3) is 6.27. The maximum absolute atomic E-state index is 12.5. The molecule has 2 heterocycles. The van der Waals surface area contributed by atoms with Crippen LogP contribution in [0, 0.1) is 0 Å². The van der Waals surface area contributed by atoms with Gasteiger partial charge in [0.05, 0.1) is 12.7 Å². The highest BCUT2D eigenvalue weighted by Crippen LogP contribution is 2.27. The van der Waals surface area contributed by atoms with Crippen molar-refractivity contribution in [2.45, 2.75) is 90.2 Å². The molecule has 2 aliphatic heterocycles. The quantitative estimate of drug-likeness (QED) is 0.457. The predicted octanol–water partition coefficient (Wildman–Crippen LogP) is 2.68. The Morgan fingerprint density at radius 3 is 2.36 bits per heavy atom. The molecular weight excluding hydrogens is 320 g/mol. The van der Waals surface area contributed by atoms with Gasteiger partial charge in [0.1, 0.15) is 12.2 Å². The third-order valence-electron chi connectivity index (χ3n) is 4.80. The fourth-order valence-electron chi connectivity index (χ4n) is 3.29. The second-order valence-corrected chi connectivity index (χ2v) is 6.90. The van der Waals surface area contributed by atoms with Crippen LogP contribution < -0.4 is 5.32 Å². The molecular formula is C17H33B2NO5. The Bertz CT molecular complexity index is 401. The normalized spacial score (nSPS) is 26.4. The van der Waals surface area contributed by atoms with Crippen molar-refractivity contribution in [3.8, 4) is 0 Å². The zero-order chi connectivity index (χ0) is 18.1. The molecule has 0 aliphatic carbocycles. The number of hydrogen-bond acceptors (Lipinski definition) is 5. The van der Waals surface area contributed by atoms with Crippen molar-refractivity contribution in [2.24, 2.45) is 0 Å². The number of rotatable bonds is 11. The first-order chi connectivity index (χ1) is 12.2. The highest BCUT2D eigenvalue weighted by molar-refractivity contribution is 6.46. The Morgan fingerprint density at radius 1 is 0.960 bits per heavy atom. The summed E-state index contributed by atoms with van der Waals surface area (Å²) in [4.78, 5) is 12.5. The lowest BCUT2D eigenvalue weighted by Gasteiger charge is -2.23. The second-order valence-electron chi connectivity index (χ2n) is 6.90. The van der Waals surface area contributed by atoms with Crippen LogP contribution in [-0.2, 0) is 23.4 Å². The van der Waals surface area contributed by atoms with E-state index in [0.29, 0.717) is 19.5 Å². The molecule has 1 amide bonds. The van der Waals surface area contributed by atoms with Crippen LogP contribution >= 0.6 is 0 Å². The van der Waals surface area contributed by atoms with Gasteiger partial charge in [-0.25, -0.2) is 0 Å². The van der Waals surface area contributed by atoms with E-state index in [-0.39, 0.29) is 26.2 Å². The SMILES string of the molecule is CCCCCCCCNC(=O)C1OB(CC)OC1C1COB(CC)O1. The van der Waals surface area contributed by atoms with E-state index in [1.165, 1.54) is 25.7 Å². The van der Waals surface area contributed by atoms with Gasteiger partial charge in [0, 0.05) is 6.54 Å². The molecule has 3 atom stereocenters. The van der Waals surface area contributed by atoms with Crippen LogP contribution in [0.25, 0.3) is 0 Å². The number of carbonyl (C=O) groups excluding carboxylic acids is 1. The molecule has 0 saturated carbocycles. The smallest absolute Gasteiger partial charge is 0.408 e. The highest BCUT2D eigenvalue weighted by atomic mass is 16.7. The third-order valence-corrected chi connectivity index (χ3v) is 4.80. The molecule has 0 aromatic rings. The van der Waals surface area contributed by atoms with Crippen LogP contribution in [0.2, 0.25) is 12.6 Å². The molecule has 142 valence electrons. The summed E-state index contributed by atoms with van der Waals surface area (Å²) in [6.45, 7) is 7.35. The van der Waals surface area contributed by atoms with Crippen LogP contribution in [0.15, 0.2) is 0 Å². The number of amides is 1. The van der Waals surface area contributed by atoms with Gasteiger partial charge in [-0.1, -0.05) is 52.9 Å². The molecule has 0 spiro atoms. The zero-order valence-corrected chi connectivity index (χ0v) is 16.0. The van der Waals surface area contributed by atoms with E-state index in [0.717, 1.165) is 19.2 Å². The van der Waals surface area contributed by atoms with Gasteiger partial charge in [0.25, 0.3) is 0 Å². The zero-order valence-electron chi connectivity index (χ0n) is 16.0. The highest BCUT2D eigenvalue weighted by Gasteiger charge is 2.49. The van der Waals surface area contributed by atoms with Gasteiger partial charge in [0.2, 0.25) is 5.91 Å². The standard InChI is InChI=1S/C17H33B2NO5/c1-4-7-8-9-10-11-12-20-17(21)16-15(24-19(6-3)25-16)14-13-22-18(5-2)23-14/h14-16H,4-13H2,1-3H3,(H,20,21). The summed E-state index contributed by atoms with van der Waals surface area (Å²) in [6.07, 6.45) is 7.46. The van der Waals surface area contributed by atoms with E-state index in [2.05, 4.69) is 12.2 Å². The van der Waals surface area contributed by atoms with Crippen molar-refractivity contribution < 1.29 is 23.4 Å². The number of nitrogens with one attached hydrogen (secondary N) is 1. The average molecular weight is 353 g/mol. The Morgan fingerprint density at radius 2 is 1.68 bits per heavy atom. The van der Waals surface area contributed by atoms with Crippen molar-refractivity contribution in [3.05, 3.63) is 0 Å². The first kappa shape index (κ1) is 20.7. The summed E-state index contributed by atoms with van der Waals surface area (Å²) in [6, 6.07) is 0. The molecule has 0 aromatic heterocycles. The largest absolute Gasteiger partial charge is 0.457 e. The lowest BCUT2D eigenvalue weighted by molar-refractivity contribution is -0.130. The molecule has 8 heteroatoms. The molecule has 6 nitrogen and oxygen atoms in total. The van der Waals surface area contributed by atoms with Crippen molar-refractivity contribution >= 4 is 20.1 Å². The van der Waals surface area contributed by atoms with Gasteiger partial charge < -0.3 is 23.9 Å². The minimum absolute atomic E-state index is 0.0990. The summed E-state index contributed by atoms with van der Waals surface area (Å²) in [5.41, 5.74) is 0. The predicted molar refractivity (Wildman–Crippen MR) is 99.4 cm³/mol. The minimum atomic E-state index is -0.616. The second kappa shape index (κ2) is 11.2. The molecule has 2 aliphatic rings. The van der Waals surface area contributed by atoms with Crippen molar-refractivity contribution in [1.82, 2.24) is 5.32 Å². The van der Waals surface area contributed by atoms with Crippen LogP contribution in [0.3, 0.4) is 0 Å². The maximum atomic E-state index is 12.5. The molecule has 2 saturated heterocycles. The van der Waals surface area contributed by atoms with Crippen LogP contribution in [0.5, 0.6) is 0 Å². The van der Waals surface area contributed by atoms with E-state index < -0.39 is 12.2 Å². The van der Waals surface area contributed by atoms with Gasteiger partial charge in [-0.2, -0.15) is 0 Å². The molecule has 0 radical (unpaired) electrons. The molecule has 25 heavy (non-hydrogen) atoms. The van der Waals surface area contributed by atoms with Gasteiger partial charge in [-0.15, -0.1) is 0 Å². The van der Waals surface area contributed by atoms with Crippen molar-refractivity contribution in [1.29, 1.82) is 0 Å². The maximum Gasteiger partial charge on any atom is 0.457 e. The van der Waals surface area contributed by atoms with Gasteiger partial charge in [-0.05, 0) is 19.1 Å². The lowest BCUT2D eigenvalue weighted by atomic mass is 9.86. The summed E-state index contributed by atoms with van der Waals surface area (Å²) >= 11 is 0. The topological polar surface area (TPSA) is 66.0 Å². The number of unbranched alkanes of at least 4 members (excludes halogenated alkanes) is 5. The molecule has 3 unspecified atom stereocenters. The van der Waals surface area contributed by atoms with E-state index in [4.69, 9.17) is 18.6 Å². The lowest BCUT2D eigenvalue weighted by Crippen LogP contribution is -2.46. The number of hydrogen-bond donors (Lipinski definition) is 1. The molecule has 0 aromatic carbocycles. The summed E-state index contributed by atoms with van der Waals surface area (Å²) in [7, 11) is -0.555. The molecule has 1 N–H and O–H groups in total. The van der Waals surface area contributed by atoms with E-state index in [9.17, 15) is 4.79 Å². The summed E-state index contributed by atoms with van der Waals surface area (Å²) < 4.78 is 23.1. The van der Waals surface area contributed by atoms with E-state index >= 15 is 0 Å². The Hall–Kier alpha value is -0.560. The number of carbonyl (C=O) groups is 1. The Labute approximate surface area is 153 Å². The fraction of sp³-hybridized carbons (Fsp3) is 0.941. The van der Waals surface area contributed by atoms with Crippen molar-refractivity contribution in [2.75, 3.05) is 13.2 Å². The van der Waals surface area contributed by atoms with Crippen LogP contribution in [0.4, 0.5) is 0 Å². The van der Waals surface area contributed by atoms with Crippen molar-refractivity contribution in [3.63, 3.8) is 0 Å². The summed E-state index contributed by atoms with van der Waals surface area (Å²) in [5.74, 6) is -0.0990. The molecule has 2 fully saturated rings. The van der Waals surface area contributed by atoms with Crippen LogP contribution in [-0.4, -0.2) is 51.6 Å². The van der Waals surface area contributed by atoms with Gasteiger partial charge in [0.15, 0.2) is 0 Å². The molecule has 2 rings (SSSR count). The fourth-order valence-corrected chi connectivity index (χ4v) is 3.29. The first-order valence-corrected chi connectivity index (χ1v) is 10.0. The first-order valence-electron chi connectivity index (χ1n) is 10.0. The van der Waals surface area contributed by atoms with Gasteiger partial charge >= 0.3 is 14.2 Å². The molecule has 0 bridgehead atoms. The Balaban J connectivity index is 1.75.